The Morgan fingerprint density at radius 3 is 1.27 bits per heavy atom. The summed E-state index contributed by atoms with van der Waals surface area (Å²) in [6, 6.07) is 0. The van der Waals surface area contributed by atoms with Gasteiger partial charge in [0.25, 0.3) is 0 Å². The van der Waals surface area contributed by atoms with Crippen LogP contribution in [-0.4, -0.2) is 23.9 Å². The highest BCUT2D eigenvalue weighted by atomic mass is 17.2. The van der Waals surface area contributed by atoms with E-state index in [1.165, 1.54) is 58.8 Å². The molecule has 194 valence electrons. The molecule has 0 amide bonds. The molecule has 0 bridgehead atoms. The van der Waals surface area contributed by atoms with Gasteiger partial charge in [0.1, 0.15) is 0 Å². The van der Waals surface area contributed by atoms with Crippen molar-refractivity contribution in [3.05, 3.63) is 0 Å². The van der Waals surface area contributed by atoms with E-state index in [0.717, 1.165) is 38.5 Å². The number of unbranched alkanes of at least 4 members (excludes halogenated alkanes) is 10. The van der Waals surface area contributed by atoms with E-state index in [9.17, 15) is 19.2 Å². The second-order valence-electron chi connectivity index (χ2n) is 8.63. The molecule has 0 saturated heterocycles. The molecule has 0 aromatic heterocycles. The van der Waals surface area contributed by atoms with Crippen LogP contribution in [-0.2, 0) is 38.7 Å². The molecule has 0 saturated carbocycles. The van der Waals surface area contributed by atoms with Gasteiger partial charge in [-0.3, -0.25) is 0 Å². The lowest BCUT2D eigenvalue weighted by Crippen LogP contribution is -2.08. The Bertz CT molecular complexity index is 517. The minimum absolute atomic E-state index is 0.311. The predicted octanol–water partition coefficient (Wildman–Crippen LogP) is 6.54. The van der Waals surface area contributed by atoms with E-state index in [4.69, 9.17) is 0 Å². The molecular weight excluding hydrogens is 428 g/mol. The lowest BCUT2D eigenvalue weighted by molar-refractivity contribution is -0.257. The van der Waals surface area contributed by atoms with E-state index in [0.29, 0.717) is 18.8 Å². The molecule has 0 rings (SSSR count). The maximum atomic E-state index is 11.1. The molecule has 0 spiro atoms. The molecule has 0 heterocycles. The number of carbonyl (C=O) groups excluding carboxylic acids is 4. The zero-order valence-electron chi connectivity index (χ0n) is 21.4. The van der Waals surface area contributed by atoms with Crippen molar-refractivity contribution in [3.63, 3.8) is 0 Å². The maximum absolute atomic E-state index is 11.1. The lowest BCUT2D eigenvalue weighted by Gasteiger charge is -2.03. The molecule has 0 atom stereocenters. The van der Waals surface area contributed by atoms with Crippen LogP contribution >= 0.6 is 0 Å². The second kappa shape index (κ2) is 24.5. The summed E-state index contributed by atoms with van der Waals surface area (Å²) in [4.78, 5) is 59.5. The summed E-state index contributed by atoms with van der Waals surface area (Å²) in [6.45, 7) is 8.96. The minimum atomic E-state index is -0.608. The number of hydrogen-bond donors (Lipinski definition) is 0. The summed E-state index contributed by atoms with van der Waals surface area (Å²) >= 11 is 0. The topological polar surface area (TPSA) is 105 Å². The van der Waals surface area contributed by atoms with Crippen LogP contribution in [0.1, 0.15) is 131 Å². The molecule has 0 fully saturated rings. The summed E-state index contributed by atoms with van der Waals surface area (Å²) < 4.78 is 0. The van der Waals surface area contributed by atoms with Crippen molar-refractivity contribution in [2.45, 2.75) is 131 Å². The van der Waals surface area contributed by atoms with Crippen molar-refractivity contribution in [1.29, 1.82) is 0 Å². The highest BCUT2D eigenvalue weighted by molar-refractivity contribution is 5.71. The van der Waals surface area contributed by atoms with E-state index in [2.05, 4.69) is 40.3 Å². The molecule has 0 aliphatic heterocycles. The van der Waals surface area contributed by atoms with Gasteiger partial charge in [-0.15, -0.1) is 0 Å². The predicted molar refractivity (Wildman–Crippen MR) is 125 cm³/mol. The molecule has 0 aromatic carbocycles. The molecular formula is C25H46O8. The van der Waals surface area contributed by atoms with Crippen molar-refractivity contribution < 1.29 is 38.7 Å². The van der Waals surface area contributed by atoms with Gasteiger partial charge in [0, 0.05) is 13.8 Å². The number of carbonyl (C=O) groups is 4. The van der Waals surface area contributed by atoms with Crippen molar-refractivity contribution in [2.24, 2.45) is 5.92 Å². The lowest BCUT2D eigenvalue weighted by atomic mass is 10.0. The quantitative estimate of drug-likeness (QED) is 0.141. The molecule has 0 unspecified atom stereocenters. The van der Waals surface area contributed by atoms with Gasteiger partial charge < -0.3 is 0 Å². The fourth-order valence-corrected chi connectivity index (χ4v) is 2.87. The average molecular weight is 475 g/mol. The fraction of sp³-hybridized carbons (Fsp3) is 0.840. The third-order valence-electron chi connectivity index (χ3n) is 4.65. The summed E-state index contributed by atoms with van der Waals surface area (Å²) in [6.07, 6.45) is 15.5. The molecule has 0 aliphatic rings. The standard InChI is InChI=1S/C14H26O4.C11H20O4/c1-3-4-5-6-7-8-9-10-11-12-14(16)18-17-13(2)15;1-9(2)7-5-4-6-8-11(13)15-14-10(3)12/h3-12H2,1-2H3;9H,4-8H2,1-3H3. The third kappa shape index (κ3) is 32.1. The van der Waals surface area contributed by atoms with E-state index < -0.39 is 23.9 Å². The van der Waals surface area contributed by atoms with Crippen LogP contribution in [0.2, 0.25) is 0 Å². The maximum Gasteiger partial charge on any atom is 0.355 e. The Kier molecular flexibility index (Phi) is 24.6. The summed E-state index contributed by atoms with van der Waals surface area (Å²) in [5, 5.41) is 0. The Labute approximate surface area is 199 Å². The third-order valence-corrected chi connectivity index (χ3v) is 4.65. The van der Waals surface area contributed by atoms with Gasteiger partial charge >= 0.3 is 23.9 Å². The van der Waals surface area contributed by atoms with E-state index in [1.54, 1.807) is 0 Å². The van der Waals surface area contributed by atoms with Gasteiger partial charge in [-0.1, -0.05) is 91.4 Å². The molecule has 8 heteroatoms. The smallest absolute Gasteiger partial charge is 0.248 e. The van der Waals surface area contributed by atoms with Crippen molar-refractivity contribution in [3.8, 4) is 0 Å². The van der Waals surface area contributed by atoms with Crippen molar-refractivity contribution >= 4 is 23.9 Å². The zero-order valence-corrected chi connectivity index (χ0v) is 21.4. The summed E-state index contributed by atoms with van der Waals surface area (Å²) in [7, 11) is 0. The average Bonchev–Trinajstić information content (AvgIpc) is 2.75. The largest absolute Gasteiger partial charge is 0.355 e. The van der Waals surface area contributed by atoms with Crippen LogP contribution in [0, 0.1) is 5.92 Å². The highest BCUT2D eigenvalue weighted by Crippen LogP contribution is 2.11. The van der Waals surface area contributed by atoms with Crippen LogP contribution in [0.5, 0.6) is 0 Å². The van der Waals surface area contributed by atoms with Crippen LogP contribution in [0.4, 0.5) is 0 Å². The van der Waals surface area contributed by atoms with Crippen LogP contribution in [0.25, 0.3) is 0 Å². The van der Waals surface area contributed by atoms with Gasteiger partial charge in [-0.25, -0.2) is 38.7 Å². The summed E-state index contributed by atoms with van der Waals surface area (Å²) in [5.74, 6) is -1.44. The molecule has 0 radical (unpaired) electrons. The van der Waals surface area contributed by atoms with Crippen LogP contribution in [0.15, 0.2) is 0 Å². The Morgan fingerprint density at radius 1 is 0.545 bits per heavy atom. The molecule has 0 aliphatic carbocycles. The first-order valence-corrected chi connectivity index (χ1v) is 12.4. The van der Waals surface area contributed by atoms with Crippen LogP contribution in [0.3, 0.4) is 0 Å². The zero-order chi connectivity index (χ0) is 25.3. The van der Waals surface area contributed by atoms with Crippen molar-refractivity contribution in [2.75, 3.05) is 0 Å². The first-order chi connectivity index (χ1) is 15.7. The van der Waals surface area contributed by atoms with Gasteiger partial charge in [0.05, 0.1) is 12.8 Å². The van der Waals surface area contributed by atoms with E-state index >= 15 is 0 Å². The van der Waals surface area contributed by atoms with Crippen LogP contribution < -0.4 is 0 Å². The minimum Gasteiger partial charge on any atom is -0.248 e. The highest BCUT2D eigenvalue weighted by Gasteiger charge is 2.06. The van der Waals surface area contributed by atoms with Gasteiger partial charge in [-0.2, -0.15) is 0 Å². The first-order valence-electron chi connectivity index (χ1n) is 12.4. The molecule has 0 aromatic rings. The number of rotatable bonds is 16. The van der Waals surface area contributed by atoms with Crippen molar-refractivity contribution in [1.82, 2.24) is 0 Å². The first kappa shape index (κ1) is 33.1. The molecule has 0 N–H and O–H groups in total. The Balaban J connectivity index is 0. The van der Waals surface area contributed by atoms with Gasteiger partial charge in [0.2, 0.25) is 0 Å². The SMILES string of the molecule is CC(=O)OOC(=O)CCCCCC(C)C.CCCCCCCCCCCC(=O)OOC(C)=O. The Hall–Kier alpha value is -2.12. The number of hydrogen-bond acceptors (Lipinski definition) is 8. The second-order valence-corrected chi connectivity index (χ2v) is 8.63. The fourth-order valence-electron chi connectivity index (χ4n) is 2.87. The van der Waals surface area contributed by atoms with Gasteiger partial charge in [-0.05, 0) is 18.8 Å². The monoisotopic (exact) mass is 474 g/mol. The summed E-state index contributed by atoms with van der Waals surface area (Å²) in [5.41, 5.74) is 0. The Morgan fingerprint density at radius 2 is 0.909 bits per heavy atom. The van der Waals surface area contributed by atoms with E-state index in [-0.39, 0.29) is 0 Å². The van der Waals surface area contributed by atoms with E-state index in [1.807, 2.05) is 0 Å². The normalized spacial score (nSPS) is 10.1. The molecule has 33 heavy (non-hydrogen) atoms. The molecule has 8 nitrogen and oxygen atoms in total. The van der Waals surface area contributed by atoms with Gasteiger partial charge in [0.15, 0.2) is 0 Å².